The molecule has 25 heavy (non-hydrogen) atoms. The molecule has 0 spiro atoms. The van der Waals surface area contributed by atoms with E-state index in [9.17, 15) is 15.2 Å². The normalized spacial score (nSPS) is 20.2. The van der Waals surface area contributed by atoms with Crippen molar-refractivity contribution in [2.75, 3.05) is 24.6 Å². The lowest BCUT2D eigenvalue weighted by Gasteiger charge is -2.33. The van der Waals surface area contributed by atoms with Crippen molar-refractivity contribution in [3.05, 3.63) is 29.8 Å². The Balaban J connectivity index is 1.53. The van der Waals surface area contributed by atoms with Crippen LogP contribution in [0.5, 0.6) is 0 Å². The average Bonchev–Trinajstić information content (AvgIpc) is 3.17. The Kier molecular flexibility index (Phi) is 5.60. The predicted molar refractivity (Wildman–Crippen MR) is 96.8 cm³/mol. The van der Waals surface area contributed by atoms with Gasteiger partial charge in [-0.25, -0.2) is 0 Å². The standard InChI is InChI=1S/C20H27N3O2/c21-15-20(9-1-2-10-20)19(25)22-13-16-3-5-18(6-4-16)23-11-7-17(14-24)8-12-23/h3-6,17,24H,1-2,7-14H2,(H,22,25). The van der Waals surface area contributed by atoms with Crippen LogP contribution in [-0.4, -0.2) is 30.7 Å². The first-order valence-corrected chi connectivity index (χ1v) is 9.31. The van der Waals surface area contributed by atoms with Gasteiger partial charge in [-0.05, 0) is 49.3 Å². The molecule has 3 rings (SSSR count). The zero-order chi connectivity index (χ0) is 17.7. The molecule has 0 aromatic heterocycles. The topological polar surface area (TPSA) is 76.4 Å². The Bertz CT molecular complexity index is 621. The number of carbonyl (C=O) groups excluding carboxylic acids is 1. The SMILES string of the molecule is N#CC1(C(=O)NCc2ccc(N3CCC(CO)CC3)cc2)CCCC1. The van der Waals surface area contributed by atoms with E-state index in [2.05, 4.69) is 28.4 Å². The van der Waals surface area contributed by atoms with Gasteiger partial charge in [-0.2, -0.15) is 5.26 Å². The van der Waals surface area contributed by atoms with Crippen LogP contribution in [0.2, 0.25) is 0 Å². The van der Waals surface area contributed by atoms with Crippen LogP contribution in [0.25, 0.3) is 0 Å². The van der Waals surface area contributed by atoms with Crippen LogP contribution in [0, 0.1) is 22.7 Å². The van der Waals surface area contributed by atoms with Gasteiger partial charge in [-0.15, -0.1) is 0 Å². The van der Waals surface area contributed by atoms with E-state index in [1.54, 1.807) is 0 Å². The van der Waals surface area contributed by atoms with E-state index in [-0.39, 0.29) is 12.5 Å². The second-order valence-corrected chi connectivity index (χ2v) is 7.36. The second kappa shape index (κ2) is 7.88. The zero-order valence-electron chi connectivity index (χ0n) is 14.7. The van der Waals surface area contributed by atoms with Crippen LogP contribution in [0.15, 0.2) is 24.3 Å². The molecule has 1 aliphatic carbocycles. The van der Waals surface area contributed by atoms with Gasteiger partial charge in [0.2, 0.25) is 5.91 Å². The molecule has 1 aromatic rings. The maximum absolute atomic E-state index is 12.4. The van der Waals surface area contributed by atoms with Crippen molar-refractivity contribution < 1.29 is 9.90 Å². The van der Waals surface area contributed by atoms with Crippen molar-refractivity contribution in [3.8, 4) is 6.07 Å². The van der Waals surface area contributed by atoms with E-state index in [1.807, 2.05) is 12.1 Å². The molecular formula is C20H27N3O2. The molecule has 134 valence electrons. The van der Waals surface area contributed by atoms with Crippen LogP contribution in [0.1, 0.15) is 44.1 Å². The van der Waals surface area contributed by atoms with Crippen molar-refractivity contribution in [1.29, 1.82) is 5.26 Å². The Morgan fingerprint density at radius 3 is 2.44 bits per heavy atom. The summed E-state index contributed by atoms with van der Waals surface area (Å²) < 4.78 is 0. The van der Waals surface area contributed by atoms with Gasteiger partial charge >= 0.3 is 0 Å². The highest BCUT2D eigenvalue weighted by Gasteiger charge is 2.41. The van der Waals surface area contributed by atoms with Crippen LogP contribution in [-0.2, 0) is 11.3 Å². The summed E-state index contributed by atoms with van der Waals surface area (Å²) in [7, 11) is 0. The first kappa shape index (κ1) is 17.8. The average molecular weight is 341 g/mol. The van der Waals surface area contributed by atoms with Crippen LogP contribution in [0.4, 0.5) is 5.69 Å². The molecule has 2 aliphatic rings. The fraction of sp³-hybridized carbons (Fsp3) is 0.600. The highest BCUT2D eigenvalue weighted by atomic mass is 16.3. The second-order valence-electron chi connectivity index (χ2n) is 7.36. The first-order chi connectivity index (χ1) is 12.2. The van der Waals surface area contributed by atoms with Gasteiger partial charge in [-0.3, -0.25) is 4.79 Å². The molecular weight excluding hydrogens is 314 g/mol. The van der Waals surface area contributed by atoms with Crippen molar-refractivity contribution in [1.82, 2.24) is 5.32 Å². The third-order valence-corrected chi connectivity index (χ3v) is 5.73. The van der Waals surface area contributed by atoms with E-state index in [4.69, 9.17) is 0 Å². The summed E-state index contributed by atoms with van der Waals surface area (Å²) in [6.45, 7) is 2.71. The molecule has 0 atom stereocenters. The Morgan fingerprint density at radius 2 is 1.88 bits per heavy atom. The summed E-state index contributed by atoms with van der Waals surface area (Å²) >= 11 is 0. The number of hydrogen-bond acceptors (Lipinski definition) is 4. The molecule has 1 aliphatic heterocycles. The van der Waals surface area contributed by atoms with Gasteiger partial charge in [0.15, 0.2) is 0 Å². The highest BCUT2D eigenvalue weighted by Crippen LogP contribution is 2.37. The molecule has 5 nitrogen and oxygen atoms in total. The number of amides is 1. The molecule has 1 saturated carbocycles. The minimum Gasteiger partial charge on any atom is -0.396 e. The number of aliphatic hydroxyl groups is 1. The number of nitrogens with one attached hydrogen (secondary N) is 1. The summed E-state index contributed by atoms with van der Waals surface area (Å²) in [6, 6.07) is 10.5. The summed E-state index contributed by atoms with van der Waals surface area (Å²) in [5.41, 5.74) is 1.43. The van der Waals surface area contributed by atoms with Crippen molar-refractivity contribution in [3.63, 3.8) is 0 Å². The van der Waals surface area contributed by atoms with Gasteiger partial charge in [0.05, 0.1) is 6.07 Å². The summed E-state index contributed by atoms with van der Waals surface area (Å²) in [5, 5.41) is 21.5. The largest absolute Gasteiger partial charge is 0.396 e. The van der Waals surface area contributed by atoms with Crippen LogP contribution >= 0.6 is 0 Å². The van der Waals surface area contributed by atoms with E-state index in [0.717, 1.165) is 44.3 Å². The molecule has 0 unspecified atom stereocenters. The fourth-order valence-electron chi connectivity index (χ4n) is 3.92. The lowest BCUT2D eigenvalue weighted by molar-refractivity contribution is -0.128. The summed E-state index contributed by atoms with van der Waals surface area (Å²) in [5.74, 6) is 0.316. The first-order valence-electron chi connectivity index (χ1n) is 9.31. The highest BCUT2D eigenvalue weighted by molar-refractivity contribution is 5.85. The number of anilines is 1. The maximum atomic E-state index is 12.4. The van der Waals surface area contributed by atoms with Gasteiger partial charge in [-0.1, -0.05) is 25.0 Å². The molecule has 0 bridgehead atoms. The number of piperidine rings is 1. The lowest BCUT2D eigenvalue weighted by Crippen LogP contribution is -2.37. The van der Waals surface area contributed by atoms with Crippen molar-refractivity contribution >= 4 is 11.6 Å². The minimum atomic E-state index is -0.809. The smallest absolute Gasteiger partial charge is 0.240 e. The molecule has 1 heterocycles. The van der Waals surface area contributed by atoms with E-state index in [1.165, 1.54) is 5.69 Å². The number of benzene rings is 1. The third kappa shape index (κ3) is 3.96. The lowest BCUT2D eigenvalue weighted by atomic mass is 9.87. The predicted octanol–water partition coefficient (Wildman–Crippen LogP) is 2.60. The van der Waals surface area contributed by atoms with Crippen molar-refractivity contribution in [2.24, 2.45) is 11.3 Å². The fourth-order valence-corrected chi connectivity index (χ4v) is 3.92. The number of aliphatic hydroxyl groups excluding tert-OH is 1. The Labute approximate surface area is 149 Å². The Hall–Kier alpha value is -2.06. The van der Waals surface area contributed by atoms with E-state index in [0.29, 0.717) is 25.3 Å². The molecule has 2 N–H and O–H groups in total. The van der Waals surface area contributed by atoms with Gasteiger partial charge < -0.3 is 15.3 Å². The molecule has 1 aromatic carbocycles. The number of nitriles is 1. The molecule has 1 amide bonds. The number of rotatable bonds is 5. The number of carbonyl (C=O) groups is 1. The van der Waals surface area contributed by atoms with Gasteiger partial charge in [0, 0.05) is 31.9 Å². The summed E-state index contributed by atoms with van der Waals surface area (Å²) in [6.07, 6.45) is 5.34. The van der Waals surface area contributed by atoms with Crippen LogP contribution in [0.3, 0.4) is 0 Å². The maximum Gasteiger partial charge on any atom is 0.240 e. The minimum absolute atomic E-state index is 0.123. The van der Waals surface area contributed by atoms with Crippen molar-refractivity contribution in [2.45, 2.75) is 45.1 Å². The zero-order valence-corrected chi connectivity index (χ0v) is 14.7. The van der Waals surface area contributed by atoms with Gasteiger partial charge in [0.1, 0.15) is 5.41 Å². The molecule has 2 fully saturated rings. The summed E-state index contributed by atoms with van der Waals surface area (Å²) in [4.78, 5) is 14.7. The Morgan fingerprint density at radius 1 is 1.24 bits per heavy atom. The van der Waals surface area contributed by atoms with E-state index >= 15 is 0 Å². The van der Waals surface area contributed by atoms with Gasteiger partial charge in [0.25, 0.3) is 0 Å². The quantitative estimate of drug-likeness (QED) is 0.863. The molecule has 5 heteroatoms. The number of nitrogens with zero attached hydrogens (tertiary/aromatic N) is 2. The van der Waals surface area contributed by atoms with Crippen LogP contribution < -0.4 is 10.2 Å². The third-order valence-electron chi connectivity index (χ3n) is 5.73. The monoisotopic (exact) mass is 341 g/mol. The number of hydrogen-bond donors (Lipinski definition) is 2. The molecule has 1 saturated heterocycles. The van der Waals surface area contributed by atoms with E-state index < -0.39 is 5.41 Å². The molecule has 0 radical (unpaired) electrons.